The van der Waals surface area contributed by atoms with Crippen LogP contribution in [0.5, 0.6) is 5.75 Å². The first-order valence-corrected chi connectivity index (χ1v) is 6.62. The van der Waals surface area contributed by atoms with E-state index in [2.05, 4.69) is 10.6 Å². The maximum atomic E-state index is 13.1. The molecule has 2 N–H and O–H groups in total. The van der Waals surface area contributed by atoms with Gasteiger partial charge in [-0.15, -0.1) is 0 Å². The molecule has 19 heavy (non-hydrogen) atoms. The van der Waals surface area contributed by atoms with E-state index in [1.165, 1.54) is 18.2 Å². The van der Waals surface area contributed by atoms with Crippen LogP contribution in [0.3, 0.4) is 0 Å². The summed E-state index contributed by atoms with van der Waals surface area (Å²) in [5, 5.41) is 6.02. The molecule has 1 fully saturated rings. The third-order valence-electron chi connectivity index (χ3n) is 3.15. The van der Waals surface area contributed by atoms with Gasteiger partial charge >= 0.3 is 0 Å². The van der Waals surface area contributed by atoms with Crippen molar-refractivity contribution < 1.29 is 13.9 Å². The van der Waals surface area contributed by atoms with Gasteiger partial charge in [0.15, 0.2) is 0 Å². The second kappa shape index (κ2) is 6.52. The van der Waals surface area contributed by atoms with Crippen molar-refractivity contribution in [3.05, 3.63) is 24.0 Å². The van der Waals surface area contributed by atoms with Gasteiger partial charge in [0.1, 0.15) is 11.6 Å². The summed E-state index contributed by atoms with van der Waals surface area (Å²) < 4.78 is 18.5. The molecule has 1 aromatic carbocycles. The minimum absolute atomic E-state index is 0.0544. The Bertz CT molecular complexity index is 445. The Morgan fingerprint density at radius 1 is 1.58 bits per heavy atom. The second-order valence-electron chi connectivity index (χ2n) is 4.68. The first kappa shape index (κ1) is 13.8. The zero-order valence-electron chi connectivity index (χ0n) is 11.0. The van der Waals surface area contributed by atoms with Crippen molar-refractivity contribution in [2.24, 2.45) is 5.92 Å². The Kier molecular flexibility index (Phi) is 4.74. The van der Waals surface area contributed by atoms with Crippen LogP contribution < -0.4 is 15.4 Å². The fourth-order valence-electron chi connectivity index (χ4n) is 2.23. The number of hydrogen-bond acceptors (Lipinski definition) is 3. The van der Waals surface area contributed by atoms with Crippen LogP contribution in [0.15, 0.2) is 18.2 Å². The van der Waals surface area contributed by atoms with Crippen molar-refractivity contribution in [1.29, 1.82) is 0 Å². The maximum Gasteiger partial charge on any atom is 0.224 e. The van der Waals surface area contributed by atoms with Gasteiger partial charge in [0.25, 0.3) is 0 Å². The molecule has 1 aromatic rings. The van der Waals surface area contributed by atoms with Crippen LogP contribution in [-0.4, -0.2) is 25.6 Å². The molecule has 1 unspecified atom stereocenters. The van der Waals surface area contributed by atoms with Crippen LogP contribution in [0.4, 0.5) is 10.1 Å². The molecule has 1 saturated heterocycles. The number of nitrogens with one attached hydrogen (secondary N) is 2. The average molecular weight is 266 g/mol. The fourth-order valence-corrected chi connectivity index (χ4v) is 2.23. The van der Waals surface area contributed by atoms with Gasteiger partial charge in [-0.1, -0.05) is 0 Å². The molecule has 2 rings (SSSR count). The molecule has 1 aliphatic rings. The lowest BCUT2D eigenvalue weighted by molar-refractivity contribution is -0.117. The number of carbonyl (C=O) groups is 1. The molecule has 104 valence electrons. The number of rotatable bonds is 5. The second-order valence-corrected chi connectivity index (χ2v) is 4.68. The van der Waals surface area contributed by atoms with Crippen molar-refractivity contribution in [3.8, 4) is 5.75 Å². The third-order valence-corrected chi connectivity index (χ3v) is 3.15. The Hall–Kier alpha value is -1.62. The summed E-state index contributed by atoms with van der Waals surface area (Å²) in [7, 11) is 0. The van der Waals surface area contributed by atoms with Gasteiger partial charge in [0.05, 0.1) is 12.3 Å². The number of carbonyl (C=O) groups excluding carboxylic acids is 1. The molecule has 0 spiro atoms. The molecule has 1 amide bonds. The van der Waals surface area contributed by atoms with Crippen molar-refractivity contribution in [3.63, 3.8) is 0 Å². The summed E-state index contributed by atoms with van der Waals surface area (Å²) >= 11 is 0. The average Bonchev–Trinajstić information content (AvgIpc) is 2.86. The van der Waals surface area contributed by atoms with Gasteiger partial charge in [-0.25, -0.2) is 4.39 Å². The van der Waals surface area contributed by atoms with E-state index < -0.39 is 0 Å². The number of anilines is 1. The van der Waals surface area contributed by atoms with E-state index in [0.717, 1.165) is 19.5 Å². The predicted molar refractivity (Wildman–Crippen MR) is 71.8 cm³/mol. The Balaban J connectivity index is 1.98. The van der Waals surface area contributed by atoms with Gasteiger partial charge in [0, 0.05) is 12.5 Å². The topological polar surface area (TPSA) is 50.4 Å². The highest BCUT2D eigenvalue weighted by Crippen LogP contribution is 2.26. The minimum atomic E-state index is -0.374. The highest BCUT2D eigenvalue weighted by Gasteiger charge is 2.18. The molecule has 5 heteroatoms. The van der Waals surface area contributed by atoms with Gasteiger partial charge in [-0.05, 0) is 44.5 Å². The molecule has 1 atom stereocenters. The molecular weight excluding hydrogens is 247 g/mol. The standard InChI is InChI=1S/C14H19FN2O2/c1-2-19-13-8-11(15)3-4-12(13)17-14(18)7-10-5-6-16-9-10/h3-4,8,10,16H,2,5-7,9H2,1H3,(H,17,18). The number of hydrogen-bond donors (Lipinski definition) is 2. The highest BCUT2D eigenvalue weighted by molar-refractivity contribution is 5.92. The van der Waals surface area contributed by atoms with Crippen LogP contribution in [-0.2, 0) is 4.79 Å². The largest absolute Gasteiger partial charge is 0.492 e. The number of ether oxygens (including phenoxy) is 1. The maximum absolute atomic E-state index is 13.1. The molecule has 0 aliphatic carbocycles. The number of benzene rings is 1. The normalized spacial score (nSPS) is 18.3. The fraction of sp³-hybridized carbons (Fsp3) is 0.500. The molecule has 1 aliphatic heterocycles. The van der Waals surface area contributed by atoms with Crippen molar-refractivity contribution >= 4 is 11.6 Å². The van der Waals surface area contributed by atoms with E-state index in [-0.39, 0.29) is 11.7 Å². The van der Waals surface area contributed by atoms with E-state index in [0.29, 0.717) is 30.4 Å². The quantitative estimate of drug-likeness (QED) is 0.858. The molecule has 0 bridgehead atoms. The van der Waals surface area contributed by atoms with E-state index in [4.69, 9.17) is 4.74 Å². The number of amides is 1. The van der Waals surface area contributed by atoms with E-state index in [1.807, 2.05) is 6.92 Å². The van der Waals surface area contributed by atoms with Gasteiger partial charge < -0.3 is 15.4 Å². The van der Waals surface area contributed by atoms with Gasteiger partial charge in [-0.3, -0.25) is 4.79 Å². The summed E-state index contributed by atoms with van der Waals surface area (Å²) in [5.41, 5.74) is 0.527. The molecule has 0 aromatic heterocycles. The van der Waals surface area contributed by atoms with E-state index in [9.17, 15) is 9.18 Å². The zero-order valence-corrected chi connectivity index (χ0v) is 11.0. The summed E-state index contributed by atoms with van der Waals surface area (Å²) in [4.78, 5) is 11.9. The molecule has 4 nitrogen and oxygen atoms in total. The highest BCUT2D eigenvalue weighted by atomic mass is 19.1. The summed E-state index contributed by atoms with van der Waals surface area (Å²) in [5.74, 6) is 0.332. The molecule has 0 radical (unpaired) electrons. The van der Waals surface area contributed by atoms with Crippen LogP contribution in [0.25, 0.3) is 0 Å². The van der Waals surface area contributed by atoms with Gasteiger partial charge in [-0.2, -0.15) is 0 Å². The lowest BCUT2D eigenvalue weighted by Gasteiger charge is -2.13. The van der Waals surface area contributed by atoms with Crippen molar-refractivity contribution in [2.45, 2.75) is 19.8 Å². The minimum Gasteiger partial charge on any atom is -0.492 e. The van der Waals surface area contributed by atoms with E-state index >= 15 is 0 Å². The Morgan fingerprint density at radius 3 is 3.11 bits per heavy atom. The zero-order chi connectivity index (χ0) is 13.7. The predicted octanol–water partition coefficient (Wildman–Crippen LogP) is 2.16. The van der Waals surface area contributed by atoms with Crippen LogP contribution in [0, 0.1) is 11.7 Å². The summed E-state index contributed by atoms with van der Waals surface area (Å²) in [6.07, 6.45) is 1.51. The van der Waals surface area contributed by atoms with E-state index in [1.54, 1.807) is 0 Å². The SMILES string of the molecule is CCOc1cc(F)ccc1NC(=O)CC1CCNC1. The molecular formula is C14H19FN2O2. The Labute approximate surface area is 112 Å². The van der Waals surface area contributed by atoms with Crippen molar-refractivity contribution in [1.82, 2.24) is 5.32 Å². The first-order valence-electron chi connectivity index (χ1n) is 6.62. The number of halogens is 1. The lowest BCUT2D eigenvalue weighted by Crippen LogP contribution is -2.18. The van der Waals surface area contributed by atoms with Crippen LogP contribution in [0.1, 0.15) is 19.8 Å². The van der Waals surface area contributed by atoms with Crippen LogP contribution in [0.2, 0.25) is 0 Å². The summed E-state index contributed by atoms with van der Waals surface area (Å²) in [6.45, 7) is 4.10. The third kappa shape index (κ3) is 3.92. The molecule has 1 heterocycles. The van der Waals surface area contributed by atoms with Crippen LogP contribution >= 0.6 is 0 Å². The Morgan fingerprint density at radius 2 is 2.42 bits per heavy atom. The smallest absolute Gasteiger partial charge is 0.224 e. The summed E-state index contributed by atoms with van der Waals surface area (Å²) in [6, 6.07) is 4.14. The molecule has 0 saturated carbocycles. The monoisotopic (exact) mass is 266 g/mol. The lowest BCUT2D eigenvalue weighted by atomic mass is 10.0. The van der Waals surface area contributed by atoms with Gasteiger partial charge in [0.2, 0.25) is 5.91 Å². The first-order chi connectivity index (χ1) is 9.19. The van der Waals surface area contributed by atoms with Crippen molar-refractivity contribution in [2.75, 3.05) is 25.0 Å².